The molecule has 5 heteroatoms. The molecule has 1 aliphatic rings. The maximum atomic E-state index is 13.0. The zero-order chi connectivity index (χ0) is 15.2. The molecule has 0 saturated heterocycles. The smallest absolute Gasteiger partial charge is 0.225 e. The highest BCUT2D eigenvalue weighted by atomic mass is 19.1. The van der Waals surface area contributed by atoms with Crippen molar-refractivity contribution in [2.75, 3.05) is 24.1 Å². The Morgan fingerprint density at radius 1 is 1.43 bits per heavy atom. The zero-order valence-electron chi connectivity index (χ0n) is 12.6. The number of nitrogens with one attached hydrogen (secondary N) is 1. The third-order valence-corrected chi connectivity index (χ3v) is 3.78. The minimum absolute atomic E-state index is 0.0737. The molecule has 0 spiro atoms. The van der Waals surface area contributed by atoms with Gasteiger partial charge in [-0.15, -0.1) is 0 Å². The van der Waals surface area contributed by atoms with Gasteiger partial charge in [0, 0.05) is 19.0 Å². The Hall–Kier alpha value is -1.62. The molecule has 1 aromatic carbocycles. The highest BCUT2D eigenvalue weighted by Gasteiger charge is 2.28. The van der Waals surface area contributed by atoms with Crippen molar-refractivity contribution < 1.29 is 9.18 Å². The van der Waals surface area contributed by atoms with Crippen molar-refractivity contribution in [3.05, 3.63) is 24.0 Å². The lowest BCUT2D eigenvalue weighted by molar-refractivity contribution is -0.116. The fourth-order valence-corrected chi connectivity index (χ4v) is 2.38. The summed E-state index contributed by atoms with van der Waals surface area (Å²) in [6.07, 6.45) is 5.27. The van der Waals surface area contributed by atoms with E-state index in [1.165, 1.54) is 43.9 Å². The highest BCUT2D eigenvalue weighted by molar-refractivity contribution is 5.93. The summed E-state index contributed by atoms with van der Waals surface area (Å²) in [6.45, 7) is 4.01. The van der Waals surface area contributed by atoms with E-state index in [9.17, 15) is 9.18 Å². The van der Waals surface area contributed by atoms with E-state index in [1.807, 2.05) is 0 Å². The van der Waals surface area contributed by atoms with E-state index in [4.69, 9.17) is 5.73 Å². The summed E-state index contributed by atoms with van der Waals surface area (Å²) in [6, 6.07) is 4.68. The van der Waals surface area contributed by atoms with Crippen LogP contribution in [0.2, 0.25) is 0 Å². The maximum absolute atomic E-state index is 13.0. The third kappa shape index (κ3) is 5.01. The monoisotopic (exact) mass is 293 g/mol. The number of benzene rings is 1. The maximum Gasteiger partial charge on any atom is 0.225 e. The van der Waals surface area contributed by atoms with E-state index in [0.717, 1.165) is 13.1 Å². The minimum Gasteiger partial charge on any atom is -0.397 e. The van der Waals surface area contributed by atoms with E-state index >= 15 is 0 Å². The van der Waals surface area contributed by atoms with Crippen LogP contribution in [0.3, 0.4) is 0 Å². The van der Waals surface area contributed by atoms with Gasteiger partial charge in [-0.25, -0.2) is 4.39 Å². The molecule has 0 atom stereocenters. The lowest BCUT2D eigenvalue weighted by Crippen LogP contribution is -2.31. The van der Waals surface area contributed by atoms with Crippen LogP contribution in [0, 0.1) is 5.82 Å². The van der Waals surface area contributed by atoms with Gasteiger partial charge in [-0.2, -0.15) is 0 Å². The summed E-state index contributed by atoms with van der Waals surface area (Å²) in [5.74, 6) is -0.472. The number of hydrogen-bond donors (Lipinski definition) is 2. The van der Waals surface area contributed by atoms with Crippen molar-refractivity contribution in [1.29, 1.82) is 0 Å². The standard InChI is InChI=1S/C16H24FN3O/c1-2-3-9-20(13-5-6-13)10-8-16(21)19-15-7-4-12(17)11-14(15)18/h4,7,11,13H,2-3,5-6,8-10,18H2,1H3,(H,19,21). The molecule has 1 aliphatic carbocycles. The Bertz CT molecular complexity index is 488. The van der Waals surface area contributed by atoms with Gasteiger partial charge >= 0.3 is 0 Å². The van der Waals surface area contributed by atoms with Gasteiger partial charge in [0.1, 0.15) is 5.82 Å². The highest BCUT2D eigenvalue weighted by Crippen LogP contribution is 2.27. The first-order chi connectivity index (χ1) is 10.1. The Morgan fingerprint density at radius 2 is 2.19 bits per heavy atom. The summed E-state index contributed by atoms with van der Waals surface area (Å²) >= 11 is 0. The number of amides is 1. The molecule has 0 bridgehead atoms. The second kappa shape index (κ2) is 7.41. The van der Waals surface area contributed by atoms with E-state index in [-0.39, 0.29) is 11.6 Å². The molecule has 1 aromatic rings. The molecule has 4 nitrogen and oxygen atoms in total. The number of hydrogen-bond acceptors (Lipinski definition) is 3. The summed E-state index contributed by atoms with van der Waals surface area (Å²) in [5, 5.41) is 2.75. The second-order valence-corrected chi connectivity index (χ2v) is 5.65. The molecule has 116 valence electrons. The van der Waals surface area contributed by atoms with Crippen molar-refractivity contribution in [3.8, 4) is 0 Å². The number of rotatable bonds is 8. The lowest BCUT2D eigenvalue weighted by atomic mass is 10.2. The number of anilines is 2. The Balaban J connectivity index is 1.80. The summed E-state index contributed by atoms with van der Waals surface area (Å²) in [7, 11) is 0. The molecule has 2 rings (SSSR count). The molecule has 1 fully saturated rings. The van der Waals surface area contributed by atoms with Crippen LogP contribution in [0.4, 0.5) is 15.8 Å². The predicted molar refractivity (Wildman–Crippen MR) is 83.6 cm³/mol. The molecule has 0 heterocycles. The van der Waals surface area contributed by atoms with Gasteiger partial charge in [-0.3, -0.25) is 9.69 Å². The first-order valence-electron chi connectivity index (χ1n) is 7.69. The fraction of sp³-hybridized carbons (Fsp3) is 0.562. The molecule has 1 amide bonds. The number of nitrogens with zero attached hydrogens (tertiary/aromatic N) is 1. The Labute approximate surface area is 125 Å². The second-order valence-electron chi connectivity index (χ2n) is 5.65. The largest absolute Gasteiger partial charge is 0.397 e. The average Bonchev–Trinajstić information content (AvgIpc) is 3.27. The predicted octanol–water partition coefficient (Wildman–Crippen LogP) is 3.00. The van der Waals surface area contributed by atoms with Crippen LogP contribution >= 0.6 is 0 Å². The van der Waals surface area contributed by atoms with Gasteiger partial charge in [-0.1, -0.05) is 13.3 Å². The first-order valence-corrected chi connectivity index (χ1v) is 7.69. The van der Waals surface area contributed by atoms with Crippen molar-refractivity contribution in [1.82, 2.24) is 4.90 Å². The molecule has 0 unspecified atom stereocenters. The van der Waals surface area contributed by atoms with Crippen LogP contribution in [-0.4, -0.2) is 29.9 Å². The van der Waals surface area contributed by atoms with Gasteiger partial charge in [0.2, 0.25) is 5.91 Å². The molecule has 0 radical (unpaired) electrons. The van der Waals surface area contributed by atoms with Crippen molar-refractivity contribution >= 4 is 17.3 Å². The van der Waals surface area contributed by atoms with Gasteiger partial charge in [0.25, 0.3) is 0 Å². The lowest BCUT2D eigenvalue weighted by Gasteiger charge is -2.21. The van der Waals surface area contributed by atoms with Crippen LogP contribution in [0.25, 0.3) is 0 Å². The van der Waals surface area contributed by atoms with Crippen molar-refractivity contribution in [2.45, 2.75) is 45.1 Å². The van der Waals surface area contributed by atoms with E-state index < -0.39 is 5.82 Å². The Morgan fingerprint density at radius 3 is 2.81 bits per heavy atom. The molecular formula is C16H24FN3O. The Kier molecular flexibility index (Phi) is 5.56. The number of carbonyl (C=O) groups is 1. The molecule has 0 aromatic heterocycles. The van der Waals surface area contributed by atoms with Crippen LogP contribution in [0.1, 0.15) is 39.0 Å². The van der Waals surface area contributed by atoms with Crippen LogP contribution in [0.15, 0.2) is 18.2 Å². The fourth-order valence-electron chi connectivity index (χ4n) is 2.38. The number of unbranched alkanes of at least 4 members (excludes halogenated alkanes) is 1. The topological polar surface area (TPSA) is 58.4 Å². The van der Waals surface area contributed by atoms with Crippen LogP contribution in [-0.2, 0) is 4.79 Å². The molecule has 0 aliphatic heterocycles. The van der Waals surface area contributed by atoms with E-state index in [0.29, 0.717) is 18.2 Å². The SMILES string of the molecule is CCCCN(CCC(=O)Nc1ccc(F)cc1N)C1CC1. The summed E-state index contributed by atoms with van der Waals surface area (Å²) in [4.78, 5) is 14.4. The first kappa shape index (κ1) is 15.8. The molecule has 21 heavy (non-hydrogen) atoms. The van der Waals surface area contributed by atoms with Gasteiger partial charge in [-0.05, 0) is 44.0 Å². The number of halogens is 1. The van der Waals surface area contributed by atoms with E-state index in [1.54, 1.807) is 0 Å². The average molecular weight is 293 g/mol. The molecular weight excluding hydrogens is 269 g/mol. The number of nitrogens with two attached hydrogens (primary N) is 1. The minimum atomic E-state index is -0.398. The number of carbonyl (C=O) groups excluding carboxylic acids is 1. The quantitative estimate of drug-likeness (QED) is 0.724. The van der Waals surface area contributed by atoms with Crippen molar-refractivity contribution in [2.24, 2.45) is 0 Å². The van der Waals surface area contributed by atoms with Gasteiger partial charge in [0.05, 0.1) is 11.4 Å². The van der Waals surface area contributed by atoms with Gasteiger partial charge < -0.3 is 11.1 Å². The summed E-state index contributed by atoms with van der Waals surface area (Å²) in [5.41, 5.74) is 6.42. The number of nitrogen functional groups attached to an aromatic ring is 1. The third-order valence-electron chi connectivity index (χ3n) is 3.78. The summed E-state index contributed by atoms with van der Waals surface area (Å²) < 4.78 is 13.0. The van der Waals surface area contributed by atoms with Crippen LogP contribution < -0.4 is 11.1 Å². The molecule has 1 saturated carbocycles. The normalized spacial score (nSPS) is 14.4. The van der Waals surface area contributed by atoms with Crippen LogP contribution in [0.5, 0.6) is 0 Å². The van der Waals surface area contributed by atoms with Gasteiger partial charge in [0.15, 0.2) is 0 Å². The van der Waals surface area contributed by atoms with Crippen molar-refractivity contribution in [3.63, 3.8) is 0 Å². The van der Waals surface area contributed by atoms with E-state index in [2.05, 4.69) is 17.1 Å². The molecule has 3 N–H and O–H groups in total. The zero-order valence-corrected chi connectivity index (χ0v) is 12.6.